The van der Waals surface area contributed by atoms with Crippen LogP contribution in [0.2, 0.25) is 0 Å². The van der Waals surface area contributed by atoms with E-state index in [1.165, 1.54) is 7.11 Å². The quantitative estimate of drug-likeness (QED) is 0.437. The fraction of sp³-hybridized carbons (Fsp3) is 0.250. The van der Waals surface area contributed by atoms with Crippen molar-refractivity contribution in [3.8, 4) is 17.2 Å². The van der Waals surface area contributed by atoms with Gasteiger partial charge in [0.05, 0.1) is 25.3 Å². The summed E-state index contributed by atoms with van der Waals surface area (Å²) >= 11 is 0. The number of esters is 1. The van der Waals surface area contributed by atoms with Crippen LogP contribution in [0.1, 0.15) is 29.9 Å². The number of methoxy groups -OCH3 is 1. The second-order valence-corrected chi connectivity index (χ2v) is 7.15. The molecule has 0 spiro atoms. The van der Waals surface area contributed by atoms with Gasteiger partial charge in [-0.3, -0.25) is 4.79 Å². The van der Waals surface area contributed by atoms with Gasteiger partial charge in [0.15, 0.2) is 0 Å². The van der Waals surface area contributed by atoms with E-state index in [-0.39, 0.29) is 11.9 Å². The summed E-state index contributed by atoms with van der Waals surface area (Å²) in [6.07, 6.45) is 2.46. The monoisotopic (exact) mass is 404 g/mol. The van der Waals surface area contributed by atoms with Crippen molar-refractivity contribution >= 4 is 16.9 Å². The van der Waals surface area contributed by atoms with E-state index in [1.807, 2.05) is 68.6 Å². The third-order valence-electron chi connectivity index (χ3n) is 5.23. The first-order valence-corrected chi connectivity index (χ1v) is 9.91. The molecule has 1 atom stereocenters. The van der Waals surface area contributed by atoms with Crippen molar-refractivity contribution in [2.24, 2.45) is 0 Å². The molecular formula is C24H24N2O4. The number of benzene rings is 2. The summed E-state index contributed by atoms with van der Waals surface area (Å²) < 4.78 is 16.8. The zero-order valence-electron chi connectivity index (χ0n) is 17.3. The van der Waals surface area contributed by atoms with Crippen LogP contribution in [-0.4, -0.2) is 29.7 Å². The lowest BCUT2D eigenvalue weighted by atomic mass is 10.00. The molecule has 0 aliphatic rings. The average Bonchev–Trinajstić information content (AvgIpc) is 3.37. The summed E-state index contributed by atoms with van der Waals surface area (Å²) in [4.78, 5) is 19.9. The highest BCUT2D eigenvalue weighted by molar-refractivity contribution is 5.93. The number of H-pyrrole nitrogens is 1. The molecule has 4 aromatic rings. The summed E-state index contributed by atoms with van der Waals surface area (Å²) in [5.74, 6) is 1.46. The van der Waals surface area contributed by atoms with Crippen molar-refractivity contribution in [1.82, 2.24) is 9.97 Å². The van der Waals surface area contributed by atoms with Crippen LogP contribution < -0.4 is 4.74 Å². The van der Waals surface area contributed by atoms with Crippen molar-refractivity contribution in [2.75, 3.05) is 13.7 Å². The van der Waals surface area contributed by atoms with Gasteiger partial charge >= 0.3 is 5.97 Å². The SMILES string of the molecule is COC(=O)C(C)c1c[nH]c2cccc(OCCc3nc(-c4ccccc4)oc3C)c12. The molecule has 0 radical (unpaired) electrons. The third kappa shape index (κ3) is 3.81. The number of hydrogen-bond acceptors (Lipinski definition) is 5. The fourth-order valence-electron chi connectivity index (χ4n) is 3.56. The molecule has 0 aliphatic carbocycles. The molecule has 154 valence electrons. The molecule has 4 rings (SSSR count). The topological polar surface area (TPSA) is 77.4 Å². The Morgan fingerprint density at radius 3 is 2.73 bits per heavy atom. The molecule has 1 N–H and O–H groups in total. The molecule has 2 heterocycles. The van der Waals surface area contributed by atoms with Gasteiger partial charge in [-0.25, -0.2) is 4.98 Å². The van der Waals surface area contributed by atoms with Gasteiger partial charge in [-0.15, -0.1) is 0 Å². The Morgan fingerprint density at radius 2 is 1.97 bits per heavy atom. The zero-order valence-corrected chi connectivity index (χ0v) is 17.3. The summed E-state index contributed by atoms with van der Waals surface area (Å²) in [7, 11) is 1.40. The smallest absolute Gasteiger partial charge is 0.312 e. The predicted molar refractivity (Wildman–Crippen MR) is 115 cm³/mol. The van der Waals surface area contributed by atoms with E-state index in [0.717, 1.165) is 39.2 Å². The lowest BCUT2D eigenvalue weighted by Gasteiger charge is -2.11. The lowest BCUT2D eigenvalue weighted by Crippen LogP contribution is -2.10. The first-order chi connectivity index (χ1) is 14.6. The van der Waals surface area contributed by atoms with Gasteiger partial charge in [-0.1, -0.05) is 24.3 Å². The van der Waals surface area contributed by atoms with Crippen LogP contribution in [0.5, 0.6) is 5.75 Å². The molecule has 1 unspecified atom stereocenters. The maximum atomic E-state index is 12.0. The Bertz CT molecular complexity index is 1160. The van der Waals surface area contributed by atoms with Crippen LogP contribution in [0.25, 0.3) is 22.4 Å². The van der Waals surface area contributed by atoms with Gasteiger partial charge < -0.3 is 18.9 Å². The maximum Gasteiger partial charge on any atom is 0.312 e. The standard InChI is InChI=1S/C24H24N2O4/c1-15(24(27)28-3)18-14-25-20-10-7-11-21(22(18)20)29-13-12-19-16(2)30-23(26-19)17-8-5-4-6-9-17/h4-11,14-15,25H,12-13H2,1-3H3. The highest BCUT2D eigenvalue weighted by atomic mass is 16.5. The number of ether oxygens (including phenoxy) is 2. The number of fused-ring (bicyclic) bond motifs is 1. The van der Waals surface area contributed by atoms with E-state index in [9.17, 15) is 4.79 Å². The number of aromatic nitrogens is 2. The van der Waals surface area contributed by atoms with Crippen molar-refractivity contribution in [2.45, 2.75) is 26.2 Å². The maximum absolute atomic E-state index is 12.0. The van der Waals surface area contributed by atoms with Gasteiger partial charge in [-0.2, -0.15) is 0 Å². The van der Waals surface area contributed by atoms with Crippen LogP contribution in [0.4, 0.5) is 0 Å². The third-order valence-corrected chi connectivity index (χ3v) is 5.23. The predicted octanol–water partition coefficient (Wildman–Crippen LogP) is 5.03. The minimum Gasteiger partial charge on any atom is -0.492 e. The van der Waals surface area contributed by atoms with Crippen molar-refractivity contribution in [3.63, 3.8) is 0 Å². The van der Waals surface area contributed by atoms with Gasteiger partial charge in [0.1, 0.15) is 11.5 Å². The fourth-order valence-corrected chi connectivity index (χ4v) is 3.56. The molecule has 6 heteroatoms. The zero-order chi connectivity index (χ0) is 21.1. The summed E-state index contributed by atoms with van der Waals surface area (Å²) in [6, 6.07) is 15.6. The molecule has 2 aromatic heterocycles. The molecule has 2 aromatic carbocycles. The van der Waals surface area contributed by atoms with Crippen LogP contribution in [0.15, 0.2) is 59.1 Å². The number of hydrogen-bond donors (Lipinski definition) is 1. The van der Waals surface area contributed by atoms with E-state index < -0.39 is 0 Å². The highest BCUT2D eigenvalue weighted by Gasteiger charge is 2.21. The van der Waals surface area contributed by atoms with Crippen LogP contribution in [0.3, 0.4) is 0 Å². The summed E-state index contributed by atoms with van der Waals surface area (Å²) in [5.41, 5.74) is 3.60. The molecule has 0 amide bonds. The van der Waals surface area contributed by atoms with E-state index in [4.69, 9.17) is 13.9 Å². The molecule has 0 aliphatic heterocycles. The minimum absolute atomic E-state index is 0.280. The Balaban J connectivity index is 1.52. The first kappa shape index (κ1) is 19.8. The number of aryl methyl sites for hydroxylation is 1. The van der Waals surface area contributed by atoms with Crippen LogP contribution in [0, 0.1) is 6.92 Å². The Labute approximate surface area is 174 Å². The second kappa shape index (κ2) is 8.45. The number of nitrogens with one attached hydrogen (secondary N) is 1. The lowest BCUT2D eigenvalue weighted by molar-refractivity contribution is -0.141. The number of carbonyl (C=O) groups excluding carboxylic acids is 1. The number of nitrogens with zero attached hydrogens (tertiary/aromatic N) is 1. The molecular weight excluding hydrogens is 380 g/mol. The molecule has 0 saturated carbocycles. The highest BCUT2D eigenvalue weighted by Crippen LogP contribution is 2.33. The van der Waals surface area contributed by atoms with Crippen LogP contribution >= 0.6 is 0 Å². The molecule has 0 saturated heterocycles. The minimum atomic E-state index is -0.389. The van der Waals surface area contributed by atoms with Gasteiger partial charge in [-0.05, 0) is 43.7 Å². The van der Waals surface area contributed by atoms with E-state index >= 15 is 0 Å². The molecule has 0 bridgehead atoms. The van der Waals surface area contributed by atoms with E-state index in [1.54, 1.807) is 0 Å². The summed E-state index contributed by atoms with van der Waals surface area (Å²) in [6.45, 7) is 4.19. The van der Waals surface area contributed by atoms with Crippen LogP contribution in [-0.2, 0) is 16.0 Å². The van der Waals surface area contributed by atoms with Gasteiger partial charge in [0.25, 0.3) is 0 Å². The average molecular weight is 404 g/mol. The van der Waals surface area contributed by atoms with Crippen molar-refractivity contribution < 1.29 is 18.7 Å². The molecule has 0 fully saturated rings. The number of oxazole rings is 1. The van der Waals surface area contributed by atoms with Crippen molar-refractivity contribution in [1.29, 1.82) is 0 Å². The van der Waals surface area contributed by atoms with Crippen molar-refractivity contribution in [3.05, 3.63) is 71.7 Å². The van der Waals surface area contributed by atoms with E-state index in [2.05, 4.69) is 9.97 Å². The Hall–Kier alpha value is -3.54. The number of aromatic amines is 1. The molecule has 30 heavy (non-hydrogen) atoms. The normalized spacial score (nSPS) is 12.1. The largest absolute Gasteiger partial charge is 0.492 e. The first-order valence-electron chi connectivity index (χ1n) is 9.91. The van der Waals surface area contributed by atoms with Gasteiger partial charge in [0, 0.05) is 29.1 Å². The Kier molecular flexibility index (Phi) is 5.57. The van der Waals surface area contributed by atoms with Gasteiger partial charge in [0.2, 0.25) is 5.89 Å². The van der Waals surface area contributed by atoms with E-state index in [0.29, 0.717) is 18.9 Å². The number of carbonyl (C=O) groups is 1. The Morgan fingerprint density at radius 1 is 1.17 bits per heavy atom. The second-order valence-electron chi connectivity index (χ2n) is 7.15. The number of rotatable bonds is 7. The molecule has 6 nitrogen and oxygen atoms in total. The summed E-state index contributed by atoms with van der Waals surface area (Å²) in [5, 5.41) is 0.900.